The molecule has 0 aliphatic rings. The van der Waals surface area contributed by atoms with Crippen LogP contribution >= 0.6 is 11.8 Å². The van der Waals surface area contributed by atoms with Gasteiger partial charge in [-0.05, 0) is 11.8 Å². The van der Waals surface area contributed by atoms with Gasteiger partial charge in [0.25, 0.3) is 5.78 Å². The Hall–Kier alpha value is -2.10. The van der Waals surface area contributed by atoms with Gasteiger partial charge in [0.15, 0.2) is 10.9 Å². The molecule has 3 rings (SSSR count). The van der Waals surface area contributed by atoms with Crippen LogP contribution in [-0.4, -0.2) is 29.5 Å². The summed E-state index contributed by atoms with van der Waals surface area (Å²) in [5.41, 5.74) is -1.01. The van der Waals surface area contributed by atoms with E-state index < -0.39 is 11.9 Å². The monoisotopic (exact) mass is 286 g/mol. The van der Waals surface area contributed by atoms with Crippen LogP contribution < -0.4 is 0 Å². The van der Waals surface area contributed by atoms with E-state index in [1.807, 2.05) is 0 Å². The number of fused-ring (bicyclic) bond motifs is 1. The molecule has 0 unspecified atom stereocenters. The maximum atomic E-state index is 12.7. The summed E-state index contributed by atoms with van der Waals surface area (Å²) in [6, 6.07) is 0.912. The molecule has 0 spiro atoms. The smallest absolute Gasteiger partial charge is 0.339 e. The van der Waals surface area contributed by atoms with Gasteiger partial charge in [-0.25, -0.2) is 9.97 Å². The fourth-order valence-electron chi connectivity index (χ4n) is 1.41. The van der Waals surface area contributed by atoms with Crippen molar-refractivity contribution in [3.8, 4) is 0 Å². The Bertz CT molecular complexity index is 704. The Morgan fingerprint density at radius 2 is 2.11 bits per heavy atom. The zero-order chi connectivity index (χ0) is 13.5. The molecular weight excluding hydrogens is 281 g/mol. The molecule has 0 fully saturated rings. The van der Waals surface area contributed by atoms with Crippen molar-refractivity contribution in [3.05, 3.63) is 30.5 Å². The van der Waals surface area contributed by atoms with Crippen LogP contribution in [-0.2, 0) is 6.18 Å². The van der Waals surface area contributed by atoms with Gasteiger partial charge in [-0.15, -0.1) is 0 Å². The Morgan fingerprint density at radius 3 is 2.79 bits per heavy atom. The molecule has 3 aromatic rings. The Morgan fingerprint density at radius 1 is 1.26 bits per heavy atom. The third-order valence-corrected chi connectivity index (χ3v) is 3.10. The van der Waals surface area contributed by atoms with Crippen molar-refractivity contribution in [3.63, 3.8) is 0 Å². The minimum atomic E-state index is -4.54. The summed E-state index contributed by atoms with van der Waals surface area (Å²) in [4.78, 5) is 13.8. The maximum Gasteiger partial charge on any atom is 0.433 e. The van der Waals surface area contributed by atoms with Gasteiger partial charge in [0, 0.05) is 18.5 Å². The van der Waals surface area contributed by atoms with Gasteiger partial charge in [-0.1, -0.05) is 0 Å². The van der Waals surface area contributed by atoms with Crippen molar-refractivity contribution in [2.24, 2.45) is 0 Å². The summed E-state index contributed by atoms with van der Waals surface area (Å²) >= 11 is 1.01. The van der Waals surface area contributed by atoms with Crippen LogP contribution in [0.2, 0.25) is 0 Å². The second-order valence-electron chi connectivity index (χ2n) is 3.45. The summed E-state index contributed by atoms with van der Waals surface area (Å²) in [6.07, 6.45) is -0.305. The predicted molar refractivity (Wildman–Crippen MR) is 58.5 cm³/mol. The first kappa shape index (κ1) is 12.0. The van der Waals surface area contributed by atoms with Crippen molar-refractivity contribution < 1.29 is 13.2 Å². The van der Waals surface area contributed by atoms with E-state index in [4.69, 9.17) is 0 Å². The lowest BCUT2D eigenvalue weighted by molar-refractivity contribution is -0.141. The van der Waals surface area contributed by atoms with Gasteiger partial charge in [0.05, 0.1) is 0 Å². The van der Waals surface area contributed by atoms with Crippen molar-refractivity contribution >= 4 is 17.5 Å². The van der Waals surface area contributed by atoms with Crippen LogP contribution in [0.15, 0.2) is 35.0 Å². The summed E-state index contributed by atoms with van der Waals surface area (Å²) in [5, 5.41) is 4.52. The fourth-order valence-corrected chi connectivity index (χ4v) is 2.23. The van der Waals surface area contributed by atoms with Gasteiger partial charge in [-0.3, -0.25) is 0 Å². The van der Waals surface area contributed by atoms with Crippen LogP contribution in [0.1, 0.15) is 5.69 Å². The van der Waals surface area contributed by atoms with E-state index in [0.717, 1.165) is 24.2 Å². The van der Waals surface area contributed by atoms with Crippen molar-refractivity contribution in [2.45, 2.75) is 16.4 Å². The second-order valence-corrected chi connectivity index (χ2v) is 4.45. The molecule has 10 heteroatoms. The Balaban J connectivity index is 2.13. The molecule has 0 saturated carbocycles. The number of imidazole rings is 1. The Labute approximate surface area is 108 Å². The molecule has 0 aromatic carbocycles. The molecule has 3 heterocycles. The number of H-pyrrole nitrogens is 1. The molecule has 3 aromatic heterocycles. The number of hydrogen-bond donors (Lipinski definition) is 1. The summed E-state index contributed by atoms with van der Waals surface area (Å²) in [7, 11) is 0. The lowest BCUT2D eigenvalue weighted by Crippen LogP contribution is -2.10. The highest BCUT2D eigenvalue weighted by Gasteiger charge is 2.34. The lowest BCUT2D eigenvalue weighted by atomic mass is 10.4. The predicted octanol–water partition coefficient (Wildman–Crippen LogP) is 2.02. The van der Waals surface area contributed by atoms with Crippen LogP contribution in [0.3, 0.4) is 0 Å². The van der Waals surface area contributed by atoms with Crippen molar-refractivity contribution in [2.75, 3.05) is 0 Å². The molecule has 0 saturated heterocycles. The van der Waals surface area contributed by atoms with Crippen LogP contribution in [0.4, 0.5) is 13.2 Å². The first-order valence-corrected chi connectivity index (χ1v) is 5.81. The molecule has 1 N–H and O–H groups in total. The maximum absolute atomic E-state index is 12.7. The number of alkyl halides is 3. The van der Waals surface area contributed by atoms with E-state index >= 15 is 0 Å². The molecule has 98 valence electrons. The summed E-state index contributed by atoms with van der Waals surface area (Å²) in [5.74, 6) is -0.108. The van der Waals surface area contributed by atoms with E-state index in [9.17, 15) is 13.2 Å². The molecule has 0 amide bonds. The first-order chi connectivity index (χ1) is 9.04. The second kappa shape index (κ2) is 4.23. The number of nitrogens with zero attached hydrogens (tertiary/aromatic N) is 5. The number of nitrogens with one attached hydrogen (secondary N) is 1. The Kier molecular flexibility index (Phi) is 2.66. The van der Waals surface area contributed by atoms with Crippen LogP contribution in [0, 0.1) is 0 Å². The van der Waals surface area contributed by atoms with Gasteiger partial charge in [0.2, 0.25) is 0 Å². The average Bonchev–Trinajstić information content (AvgIpc) is 2.97. The minimum Gasteiger partial charge on any atom is -0.339 e. The van der Waals surface area contributed by atoms with Crippen LogP contribution in [0.5, 0.6) is 0 Å². The number of aromatic amines is 1. The highest BCUT2D eigenvalue weighted by molar-refractivity contribution is 7.99. The van der Waals surface area contributed by atoms with E-state index in [0.29, 0.717) is 5.16 Å². The van der Waals surface area contributed by atoms with Crippen LogP contribution in [0.25, 0.3) is 5.78 Å². The molecule has 0 atom stereocenters. The van der Waals surface area contributed by atoms with Gasteiger partial charge >= 0.3 is 6.18 Å². The zero-order valence-corrected chi connectivity index (χ0v) is 9.90. The van der Waals surface area contributed by atoms with E-state index in [-0.39, 0.29) is 10.8 Å². The first-order valence-electron chi connectivity index (χ1n) is 4.99. The molecule has 0 aliphatic heterocycles. The quantitative estimate of drug-likeness (QED) is 0.730. The molecule has 6 nitrogen and oxygen atoms in total. The van der Waals surface area contributed by atoms with Gasteiger partial charge in [-0.2, -0.15) is 27.8 Å². The van der Waals surface area contributed by atoms with Gasteiger partial charge < -0.3 is 4.98 Å². The minimum absolute atomic E-state index is 0.108. The SMILES string of the molecule is FC(F)(F)c1cc(Sc2ncc[nH]2)n2ncnc2n1. The molecule has 0 bridgehead atoms. The fraction of sp³-hybridized carbons (Fsp3) is 0.111. The largest absolute Gasteiger partial charge is 0.433 e. The van der Waals surface area contributed by atoms with Crippen molar-refractivity contribution in [1.82, 2.24) is 29.5 Å². The zero-order valence-electron chi connectivity index (χ0n) is 9.09. The summed E-state index contributed by atoms with van der Waals surface area (Å²) in [6.45, 7) is 0. The molecule has 0 radical (unpaired) electrons. The highest BCUT2D eigenvalue weighted by atomic mass is 32.2. The summed E-state index contributed by atoms with van der Waals surface area (Å²) < 4.78 is 39.4. The average molecular weight is 286 g/mol. The number of halogens is 3. The lowest BCUT2D eigenvalue weighted by Gasteiger charge is -2.08. The highest BCUT2D eigenvalue weighted by Crippen LogP contribution is 2.32. The topological polar surface area (TPSA) is 71.8 Å². The molecular formula is C9H5F3N6S. The molecule has 19 heavy (non-hydrogen) atoms. The number of hydrogen-bond acceptors (Lipinski definition) is 5. The van der Waals surface area contributed by atoms with E-state index in [1.165, 1.54) is 10.7 Å². The third-order valence-electron chi connectivity index (χ3n) is 2.18. The van der Waals surface area contributed by atoms with E-state index in [2.05, 4.69) is 25.0 Å². The molecule has 0 aliphatic carbocycles. The number of rotatable bonds is 2. The van der Waals surface area contributed by atoms with E-state index in [1.54, 1.807) is 6.20 Å². The normalized spacial score (nSPS) is 12.2. The third kappa shape index (κ3) is 2.26. The standard InChI is InChI=1S/C9H5F3N6S/c10-9(11,12)5-3-6(19-8-13-1-2-14-8)18-7(17-5)15-4-16-18/h1-4H,(H,13,14). The van der Waals surface area contributed by atoms with Crippen molar-refractivity contribution in [1.29, 1.82) is 0 Å². The number of aromatic nitrogens is 6. The van der Waals surface area contributed by atoms with Gasteiger partial charge in [0.1, 0.15) is 11.4 Å².